The van der Waals surface area contributed by atoms with Gasteiger partial charge in [-0.05, 0) is 36.8 Å². The van der Waals surface area contributed by atoms with Gasteiger partial charge in [0.15, 0.2) is 11.9 Å². The summed E-state index contributed by atoms with van der Waals surface area (Å²) in [7, 11) is 1.77. The predicted octanol–water partition coefficient (Wildman–Crippen LogP) is -5.95. The van der Waals surface area contributed by atoms with Gasteiger partial charge in [-0.3, -0.25) is 67.5 Å². The van der Waals surface area contributed by atoms with Crippen LogP contribution in [-0.2, 0) is 70.4 Å². The van der Waals surface area contributed by atoms with Crippen molar-refractivity contribution in [1.82, 2.24) is 53.2 Å². The van der Waals surface area contributed by atoms with E-state index in [2.05, 4.69) is 63.2 Å². The van der Waals surface area contributed by atoms with Crippen LogP contribution in [-0.4, -0.2) is 179 Å². The van der Waals surface area contributed by atoms with Crippen molar-refractivity contribution < 1.29 is 67.7 Å². The van der Waals surface area contributed by atoms with Crippen LogP contribution in [0.5, 0.6) is 0 Å². The molecule has 20 N–H and O–H groups in total. The fraction of sp³-hybridized carbons (Fsp3) is 0.458. The van der Waals surface area contributed by atoms with E-state index in [-0.39, 0.29) is 75.0 Å². The minimum absolute atomic E-state index is 0.0110. The molecule has 2 aromatic carbocycles. The number of nitrogens with zero attached hydrogens (tertiary/aromatic N) is 2. The molecule has 0 bridgehead atoms. The number of nitrogens with two attached hydrogens (primary N) is 4. The van der Waals surface area contributed by atoms with Gasteiger partial charge in [0.05, 0.1) is 25.9 Å². The van der Waals surface area contributed by atoms with Crippen LogP contribution in [0.15, 0.2) is 70.6 Å². The second-order valence-electron chi connectivity index (χ2n) is 18.1. The summed E-state index contributed by atoms with van der Waals surface area (Å²) in [5.74, 6) is -13.9. The molecule has 0 saturated carbocycles. The summed E-state index contributed by atoms with van der Waals surface area (Å²) < 4.78 is 0. The van der Waals surface area contributed by atoms with Crippen molar-refractivity contribution in [3.63, 3.8) is 0 Å². The molecule has 0 radical (unpaired) electrons. The van der Waals surface area contributed by atoms with E-state index in [4.69, 9.17) is 22.9 Å². The van der Waals surface area contributed by atoms with E-state index in [1.807, 2.05) is 0 Å². The van der Waals surface area contributed by atoms with Gasteiger partial charge in [0, 0.05) is 37.4 Å². The SMILES string of the molecule is NC(N)=NCCC[C@@H]1NC(=O)[C@H](CSSC[C@@H]2NC(=O)[C@H](Cc3ccccc3)NC(=O)[C@H](CC(=O)O)NC(=O)CNC(=O)[C@H](CCCN=C(N)N)NC2=O)NC(=O)[C@H](Cc2ccccc2)NC(=O)[C@H](CC(=O)O)NC(=O)CNC1=O. The van der Waals surface area contributed by atoms with Gasteiger partial charge in [0.1, 0.15) is 48.3 Å². The second kappa shape index (κ2) is 32.9. The summed E-state index contributed by atoms with van der Waals surface area (Å²) in [5, 5.41) is 43.9. The molecule has 2 fully saturated rings. The Labute approximate surface area is 465 Å². The number of aliphatic carboxylic acids is 2. The molecule has 10 amide bonds. The molecule has 30 nitrogen and oxygen atoms in total. The molecule has 0 aliphatic carbocycles. The molecule has 434 valence electrons. The van der Waals surface area contributed by atoms with Crippen molar-refractivity contribution in [2.45, 2.75) is 99.7 Å². The van der Waals surface area contributed by atoms with Gasteiger partial charge in [0.25, 0.3) is 0 Å². The van der Waals surface area contributed by atoms with Gasteiger partial charge in [-0.15, -0.1) is 0 Å². The summed E-state index contributed by atoms with van der Waals surface area (Å²) in [4.78, 5) is 170. The Balaban J connectivity index is 1.73. The summed E-state index contributed by atoms with van der Waals surface area (Å²) >= 11 is 0. The number of hydrogen-bond acceptors (Lipinski definition) is 16. The standard InChI is InChI=1S/C48H66N16O14S2/c49-47(50)53-15-7-13-27-39(71)55-21-35(65)57-31(19-37(67)68)43(75)61-29(17-25-9-3-1-4-10-25)41(73)63-33(45(77)59-27)23-79-80-24-34-46(78)60-28(14-8-16-54-48(51)52)40(72)56-22-36(66)58-32(20-38(69)70)44(76)62-30(42(74)64-34)18-26-11-5-2-6-12-26/h1-6,9-12,27-34H,7-8,13-24H2,(H,55,71)(H,56,72)(H,57,65)(H,58,66)(H,59,77)(H,60,78)(H,61,75)(H,62,76)(H,63,73)(H,64,74)(H,67,68)(H,69,70)(H4,49,50,53)(H4,51,52,54)/t27-,28-,29-,30-,31-,32-,33-,34-/m0/s1. The van der Waals surface area contributed by atoms with Crippen LogP contribution in [0.3, 0.4) is 0 Å². The molecule has 80 heavy (non-hydrogen) atoms. The number of carbonyl (C=O) groups excluding carboxylic acids is 10. The lowest BCUT2D eigenvalue weighted by Crippen LogP contribution is -2.59. The van der Waals surface area contributed by atoms with E-state index in [1.165, 1.54) is 0 Å². The summed E-state index contributed by atoms with van der Waals surface area (Å²) in [6.45, 7) is -1.51. The summed E-state index contributed by atoms with van der Waals surface area (Å²) in [6.07, 6.45) is -2.23. The highest BCUT2D eigenvalue weighted by atomic mass is 33.1. The number of carboxylic acids is 2. The van der Waals surface area contributed by atoms with Gasteiger partial charge in [-0.2, -0.15) is 0 Å². The third kappa shape index (κ3) is 23.1. The minimum atomic E-state index is -1.73. The highest BCUT2D eigenvalue weighted by Crippen LogP contribution is 2.24. The Morgan fingerprint density at radius 3 is 1.09 bits per heavy atom. The van der Waals surface area contributed by atoms with Gasteiger partial charge < -0.3 is 86.3 Å². The first-order valence-corrected chi connectivity index (χ1v) is 27.4. The van der Waals surface area contributed by atoms with Crippen LogP contribution in [0, 0.1) is 0 Å². The highest BCUT2D eigenvalue weighted by molar-refractivity contribution is 8.76. The van der Waals surface area contributed by atoms with Gasteiger partial charge in [0.2, 0.25) is 59.1 Å². The number of aliphatic imine (C=N–C) groups is 2. The average Bonchev–Trinajstić information content (AvgIpc) is 3.41. The monoisotopic (exact) mass is 1150 g/mol. The zero-order valence-electron chi connectivity index (χ0n) is 43.1. The minimum Gasteiger partial charge on any atom is -0.481 e. The number of rotatable bonds is 21. The highest BCUT2D eigenvalue weighted by Gasteiger charge is 2.36. The topological polar surface area (TPSA) is 494 Å². The molecule has 0 unspecified atom stereocenters. The van der Waals surface area contributed by atoms with Crippen LogP contribution >= 0.6 is 21.6 Å². The lowest BCUT2D eigenvalue weighted by molar-refractivity contribution is -0.141. The fourth-order valence-corrected chi connectivity index (χ4v) is 10.1. The first-order valence-electron chi connectivity index (χ1n) is 24.9. The number of nitrogens with one attached hydrogen (secondary N) is 10. The van der Waals surface area contributed by atoms with Crippen LogP contribution in [0.2, 0.25) is 0 Å². The predicted molar refractivity (Wildman–Crippen MR) is 291 cm³/mol. The van der Waals surface area contributed by atoms with Gasteiger partial charge in [-0.25, -0.2) is 0 Å². The third-order valence-corrected chi connectivity index (χ3v) is 14.1. The van der Waals surface area contributed by atoms with Crippen molar-refractivity contribution in [2.75, 3.05) is 37.7 Å². The normalized spacial score (nSPS) is 23.0. The number of amides is 10. The van der Waals surface area contributed by atoms with Crippen molar-refractivity contribution >= 4 is 105 Å². The largest absolute Gasteiger partial charge is 0.481 e. The number of benzene rings is 2. The molecule has 32 heteroatoms. The Kier molecular flexibility index (Phi) is 26.3. The van der Waals surface area contributed by atoms with Crippen LogP contribution in [0.1, 0.15) is 49.7 Å². The van der Waals surface area contributed by atoms with Crippen molar-refractivity contribution in [2.24, 2.45) is 32.9 Å². The van der Waals surface area contributed by atoms with E-state index >= 15 is 0 Å². The third-order valence-electron chi connectivity index (χ3n) is 11.7. The van der Waals surface area contributed by atoms with Crippen LogP contribution in [0.4, 0.5) is 0 Å². The number of carboxylic acid groups (broad SMARTS) is 2. The smallest absolute Gasteiger partial charge is 0.305 e. The van der Waals surface area contributed by atoms with Crippen molar-refractivity contribution in [3.8, 4) is 0 Å². The maximum Gasteiger partial charge on any atom is 0.305 e. The van der Waals surface area contributed by atoms with Gasteiger partial charge >= 0.3 is 11.9 Å². The lowest BCUT2D eigenvalue weighted by atomic mass is 10.0. The second-order valence-corrected chi connectivity index (χ2v) is 20.6. The van der Waals surface area contributed by atoms with Crippen LogP contribution in [0.25, 0.3) is 0 Å². The Hall–Kier alpha value is -8.68. The number of carbonyl (C=O) groups is 12. The molecular formula is C48H66N16O14S2. The number of hydrogen-bond donors (Lipinski definition) is 16. The molecule has 2 aliphatic rings. The van der Waals surface area contributed by atoms with Crippen LogP contribution < -0.4 is 76.1 Å². The molecule has 2 aromatic rings. The fourth-order valence-electron chi connectivity index (χ4n) is 7.73. The number of guanidine groups is 2. The molecule has 4 rings (SSSR count). The Morgan fingerprint density at radius 1 is 0.438 bits per heavy atom. The zero-order chi connectivity index (χ0) is 58.7. The molecule has 2 saturated heterocycles. The maximum atomic E-state index is 14.4. The average molecular weight is 1160 g/mol. The van der Waals surface area contributed by atoms with E-state index < -0.39 is 145 Å². The molecule has 2 aliphatic heterocycles. The Bertz CT molecular complexity index is 2430. The van der Waals surface area contributed by atoms with Crippen molar-refractivity contribution in [1.29, 1.82) is 0 Å². The van der Waals surface area contributed by atoms with E-state index in [0.717, 1.165) is 21.6 Å². The molecular weight excluding hydrogens is 1090 g/mol. The Morgan fingerprint density at radius 2 is 0.750 bits per heavy atom. The first kappa shape index (κ1) is 63.8. The zero-order valence-corrected chi connectivity index (χ0v) is 44.7. The molecule has 0 spiro atoms. The van der Waals surface area contributed by atoms with Crippen molar-refractivity contribution in [3.05, 3.63) is 71.8 Å². The molecule has 0 aromatic heterocycles. The maximum absolute atomic E-state index is 14.4. The first-order chi connectivity index (χ1) is 38.1. The quantitative estimate of drug-likeness (QED) is 0.0239. The van der Waals surface area contributed by atoms with E-state index in [1.54, 1.807) is 60.7 Å². The summed E-state index contributed by atoms with van der Waals surface area (Å²) in [5.41, 5.74) is 22.9. The van der Waals surface area contributed by atoms with E-state index in [9.17, 15) is 67.7 Å². The summed E-state index contributed by atoms with van der Waals surface area (Å²) in [6, 6.07) is 4.24. The van der Waals surface area contributed by atoms with Gasteiger partial charge in [-0.1, -0.05) is 82.3 Å². The van der Waals surface area contributed by atoms with E-state index in [0.29, 0.717) is 11.1 Å². The lowest BCUT2D eigenvalue weighted by Gasteiger charge is -2.26. The molecule has 2 heterocycles. The molecule has 8 atom stereocenters.